The molecular formula is C42H80NO9P. The van der Waals surface area contributed by atoms with Crippen LogP contribution in [0, 0.1) is 0 Å². The molecule has 4 N–H and O–H groups in total. The predicted octanol–water partition coefficient (Wildman–Crippen LogP) is 11.5. The minimum absolute atomic E-state index is 0.0117. The summed E-state index contributed by atoms with van der Waals surface area (Å²) in [4.78, 5) is 33.5. The zero-order valence-electron chi connectivity index (χ0n) is 33.9. The van der Waals surface area contributed by atoms with E-state index < -0.39 is 45.1 Å². The van der Waals surface area contributed by atoms with Crippen molar-refractivity contribution < 1.29 is 42.7 Å². The molecule has 3 atom stereocenters. The van der Waals surface area contributed by atoms with Gasteiger partial charge in [0, 0.05) is 13.0 Å². The average molecular weight is 774 g/mol. The van der Waals surface area contributed by atoms with Gasteiger partial charge in [-0.05, 0) is 64.2 Å². The third-order valence-corrected chi connectivity index (χ3v) is 10.2. The summed E-state index contributed by atoms with van der Waals surface area (Å²) in [5, 5.41) is 8.88. The van der Waals surface area contributed by atoms with Crippen molar-refractivity contribution in [3.63, 3.8) is 0 Å². The first-order chi connectivity index (χ1) is 25.7. The maximum Gasteiger partial charge on any atom is 0.472 e. The average Bonchev–Trinajstić information content (AvgIpc) is 3.13. The summed E-state index contributed by atoms with van der Waals surface area (Å²) in [7, 11) is -4.61. The Kier molecular flexibility index (Phi) is 37.6. The zero-order valence-corrected chi connectivity index (χ0v) is 34.8. The first-order valence-corrected chi connectivity index (χ1v) is 22.9. The van der Waals surface area contributed by atoms with E-state index in [1.54, 1.807) is 0 Å². The number of carboxylic acids is 1. The van der Waals surface area contributed by atoms with E-state index in [1.807, 2.05) is 0 Å². The number of hydrogen-bond acceptors (Lipinski definition) is 8. The molecule has 0 amide bonds. The highest BCUT2D eigenvalue weighted by Crippen LogP contribution is 2.43. The van der Waals surface area contributed by atoms with E-state index in [0.717, 1.165) is 57.8 Å². The molecule has 53 heavy (non-hydrogen) atoms. The Labute approximate surface area is 324 Å². The Morgan fingerprint density at radius 1 is 0.585 bits per heavy atom. The molecule has 0 saturated heterocycles. The van der Waals surface area contributed by atoms with Gasteiger partial charge >= 0.3 is 19.8 Å². The number of allylic oxidation sites excluding steroid dienone is 4. The minimum Gasteiger partial charge on any atom is -0.480 e. The highest BCUT2D eigenvalue weighted by molar-refractivity contribution is 7.47. The molecule has 0 aromatic carbocycles. The highest BCUT2D eigenvalue weighted by Gasteiger charge is 2.27. The van der Waals surface area contributed by atoms with Crippen molar-refractivity contribution in [3.05, 3.63) is 24.3 Å². The number of carbonyl (C=O) groups excluding carboxylic acids is 1. The van der Waals surface area contributed by atoms with Gasteiger partial charge in [-0.2, -0.15) is 0 Å². The Balaban J connectivity index is 4.25. The summed E-state index contributed by atoms with van der Waals surface area (Å²) in [6.07, 6.45) is 40.8. The molecule has 11 heteroatoms. The van der Waals surface area contributed by atoms with Crippen molar-refractivity contribution >= 4 is 19.8 Å². The smallest absolute Gasteiger partial charge is 0.472 e. The fraction of sp³-hybridized carbons (Fsp3) is 0.857. The number of esters is 1. The fourth-order valence-electron chi connectivity index (χ4n) is 5.83. The van der Waals surface area contributed by atoms with Crippen molar-refractivity contribution in [2.45, 2.75) is 206 Å². The largest absolute Gasteiger partial charge is 0.480 e. The number of phosphoric acid groups is 1. The predicted molar refractivity (Wildman–Crippen MR) is 217 cm³/mol. The lowest BCUT2D eigenvalue weighted by molar-refractivity contribution is -0.154. The Morgan fingerprint density at radius 3 is 1.43 bits per heavy atom. The van der Waals surface area contributed by atoms with Gasteiger partial charge in [0.25, 0.3) is 0 Å². The molecule has 0 aromatic heterocycles. The lowest BCUT2D eigenvalue weighted by atomic mass is 10.1. The molecular weight excluding hydrogens is 693 g/mol. The Morgan fingerprint density at radius 2 is 0.981 bits per heavy atom. The quantitative estimate of drug-likeness (QED) is 0.0237. The molecule has 0 rings (SSSR count). The number of nitrogens with two attached hydrogens (primary N) is 1. The van der Waals surface area contributed by atoms with Crippen LogP contribution in [0.1, 0.15) is 194 Å². The maximum atomic E-state index is 12.6. The SMILES string of the molecule is CCCCCCC/C=C\CCCCCCCC(=O)OC(COCCCCCCCC/C=C\CCCCCCCCC)COP(=O)(O)OCC(N)C(=O)O. The number of aliphatic carboxylic acids is 1. The second-order valence-electron chi connectivity index (χ2n) is 14.5. The molecule has 0 radical (unpaired) electrons. The van der Waals surface area contributed by atoms with Crippen molar-refractivity contribution in [3.8, 4) is 0 Å². The molecule has 0 aliphatic rings. The topological polar surface area (TPSA) is 155 Å². The monoisotopic (exact) mass is 774 g/mol. The van der Waals surface area contributed by atoms with E-state index in [1.165, 1.54) is 109 Å². The van der Waals surface area contributed by atoms with Crippen LogP contribution in [0.15, 0.2) is 24.3 Å². The molecule has 0 bridgehead atoms. The maximum absolute atomic E-state index is 12.6. The normalized spacial score (nSPS) is 14.2. The standard InChI is InChI=1S/C42H80NO9P/c1-3-5-7-9-11-13-15-17-19-20-21-23-25-27-29-31-33-35-49-36-39(37-50-53(47,48)51-38-40(43)42(45)46)52-41(44)34-32-30-28-26-24-22-18-16-14-12-10-8-6-4-2/h16,18-20,39-40H,3-15,17,21-38,43H2,1-2H3,(H,45,46)(H,47,48)/b18-16-,20-19-. The second kappa shape index (κ2) is 38.7. The number of carboxylic acid groups (broad SMARTS) is 1. The van der Waals surface area contributed by atoms with Gasteiger partial charge in [0.05, 0.1) is 19.8 Å². The summed E-state index contributed by atoms with van der Waals surface area (Å²) in [6, 6.07) is -1.47. The van der Waals surface area contributed by atoms with Crippen LogP contribution in [0.2, 0.25) is 0 Å². The number of hydrogen-bond donors (Lipinski definition) is 3. The Bertz CT molecular complexity index is 946. The van der Waals surface area contributed by atoms with Crippen LogP contribution in [-0.2, 0) is 32.7 Å². The molecule has 0 heterocycles. The zero-order chi connectivity index (χ0) is 39.1. The number of phosphoric ester groups is 1. The summed E-state index contributed by atoms with van der Waals surface area (Å²) in [5.41, 5.74) is 5.35. The van der Waals surface area contributed by atoms with Crippen molar-refractivity contribution in [1.29, 1.82) is 0 Å². The van der Waals surface area contributed by atoms with Gasteiger partial charge in [-0.25, -0.2) is 4.57 Å². The molecule has 0 aliphatic heterocycles. The van der Waals surface area contributed by atoms with E-state index in [0.29, 0.717) is 13.0 Å². The molecule has 0 aromatic rings. The first-order valence-electron chi connectivity index (χ1n) is 21.4. The van der Waals surface area contributed by atoms with Gasteiger partial charge in [-0.3, -0.25) is 18.6 Å². The van der Waals surface area contributed by atoms with E-state index in [-0.39, 0.29) is 13.0 Å². The lowest BCUT2D eigenvalue weighted by Gasteiger charge is -2.20. The van der Waals surface area contributed by atoms with E-state index in [4.69, 9.17) is 29.4 Å². The second-order valence-corrected chi connectivity index (χ2v) is 15.9. The van der Waals surface area contributed by atoms with Crippen LogP contribution in [0.5, 0.6) is 0 Å². The van der Waals surface area contributed by atoms with E-state index in [9.17, 15) is 19.0 Å². The van der Waals surface area contributed by atoms with Gasteiger partial charge in [0.15, 0.2) is 0 Å². The van der Waals surface area contributed by atoms with Crippen LogP contribution in [0.25, 0.3) is 0 Å². The van der Waals surface area contributed by atoms with Gasteiger partial charge in [0.2, 0.25) is 0 Å². The molecule has 0 aliphatic carbocycles. The van der Waals surface area contributed by atoms with Gasteiger partial charge < -0.3 is 25.2 Å². The van der Waals surface area contributed by atoms with Crippen LogP contribution in [0.3, 0.4) is 0 Å². The number of carbonyl (C=O) groups is 2. The fourth-order valence-corrected chi connectivity index (χ4v) is 6.61. The summed E-state index contributed by atoms with van der Waals surface area (Å²) in [6.45, 7) is 3.85. The van der Waals surface area contributed by atoms with Crippen LogP contribution in [0.4, 0.5) is 0 Å². The lowest BCUT2D eigenvalue weighted by Crippen LogP contribution is -2.34. The Hall–Kier alpha value is -1.55. The number of unbranched alkanes of at least 4 members (excludes halogenated alkanes) is 23. The third kappa shape index (κ3) is 38.5. The number of rotatable bonds is 41. The van der Waals surface area contributed by atoms with Gasteiger partial charge in [-0.15, -0.1) is 0 Å². The minimum atomic E-state index is -4.61. The number of ether oxygens (including phenoxy) is 2. The van der Waals surface area contributed by atoms with Crippen molar-refractivity contribution in [1.82, 2.24) is 0 Å². The summed E-state index contributed by atoms with van der Waals surface area (Å²) < 4.78 is 33.3. The first kappa shape index (κ1) is 51.5. The molecule has 3 unspecified atom stereocenters. The molecule has 0 fully saturated rings. The van der Waals surface area contributed by atoms with Crippen LogP contribution >= 0.6 is 7.82 Å². The summed E-state index contributed by atoms with van der Waals surface area (Å²) >= 11 is 0. The van der Waals surface area contributed by atoms with E-state index >= 15 is 0 Å². The van der Waals surface area contributed by atoms with Crippen LogP contribution in [-0.4, -0.2) is 60.5 Å². The van der Waals surface area contributed by atoms with Crippen molar-refractivity contribution in [2.75, 3.05) is 26.4 Å². The third-order valence-electron chi connectivity index (χ3n) is 9.20. The molecule has 0 saturated carbocycles. The molecule has 10 nitrogen and oxygen atoms in total. The van der Waals surface area contributed by atoms with Gasteiger partial charge in [-0.1, -0.05) is 147 Å². The molecule has 0 spiro atoms. The van der Waals surface area contributed by atoms with E-state index in [2.05, 4.69) is 38.2 Å². The molecule has 312 valence electrons. The van der Waals surface area contributed by atoms with Crippen LogP contribution < -0.4 is 5.73 Å². The summed E-state index contributed by atoms with van der Waals surface area (Å²) in [5.74, 6) is -1.79. The van der Waals surface area contributed by atoms with Crippen molar-refractivity contribution in [2.24, 2.45) is 5.73 Å². The van der Waals surface area contributed by atoms with Gasteiger partial charge in [0.1, 0.15) is 12.1 Å². The highest BCUT2D eigenvalue weighted by atomic mass is 31.2.